The van der Waals surface area contributed by atoms with Crippen molar-refractivity contribution in [2.45, 2.75) is 212 Å². The van der Waals surface area contributed by atoms with Crippen LogP contribution >= 0.6 is 0 Å². The molecule has 2 unspecified atom stereocenters. The van der Waals surface area contributed by atoms with Gasteiger partial charge in [0.25, 0.3) is 0 Å². The van der Waals surface area contributed by atoms with Crippen molar-refractivity contribution in [2.75, 3.05) is 11.5 Å². The summed E-state index contributed by atoms with van der Waals surface area (Å²) in [6, 6.07) is 33.7. The molecule has 4 N–H and O–H groups in total. The summed E-state index contributed by atoms with van der Waals surface area (Å²) < 4.78 is 0. The van der Waals surface area contributed by atoms with Crippen molar-refractivity contribution in [3.05, 3.63) is 129 Å². The molecule has 2 nitrogen and oxygen atoms in total. The average molecular weight is 811 g/mol. The minimum Gasteiger partial charge on any atom is -0.399 e. The van der Waals surface area contributed by atoms with Gasteiger partial charge < -0.3 is 11.5 Å². The molecule has 0 spiro atoms. The quantitative estimate of drug-likeness (QED) is 0.0466. The predicted octanol–water partition coefficient (Wildman–Crippen LogP) is 17.5. The summed E-state index contributed by atoms with van der Waals surface area (Å²) in [4.78, 5) is 0. The fraction of sp³-hybridized carbons (Fsp3) is 0.586. The van der Waals surface area contributed by atoms with Crippen molar-refractivity contribution in [3.63, 3.8) is 0 Å². The van der Waals surface area contributed by atoms with Crippen molar-refractivity contribution in [3.8, 4) is 0 Å². The molecule has 0 aromatic heterocycles. The number of benzene rings is 4. The zero-order valence-corrected chi connectivity index (χ0v) is 39.1. The third kappa shape index (κ3) is 13.2. The van der Waals surface area contributed by atoms with E-state index in [1.807, 2.05) is 0 Å². The maximum Gasteiger partial charge on any atom is 0.0316 e. The summed E-state index contributed by atoms with van der Waals surface area (Å²) in [6.07, 6.45) is 32.8. The minimum absolute atomic E-state index is 0.0153. The van der Waals surface area contributed by atoms with E-state index in [0.29, 0.717) is 17.8 Å². The van der Waals surface area contributed by atoms with Gasteiger partial charge in [-0.3, -0.25) is 0 Å². The van der Waals surface area contributed by atoms with E-state index >= 15 is 0 Å². The second kappa shape index (κ2) is 25.4. The number of anilines is 2. The van der Waals surface area contributed by atoms with Crippen LogP contribution in [-0.2, 0) is 5.41 Å². The molecule has 1 saturated carbocycles. The summed E-state index contributed by atoms with van der Waals surface area (Å²) in [5.74, 6) is 1.44. The predicted molar refractivity (Wildman–Crippen MR) is 264 cm³/mol. The van der Waals surface area contributed by atoms with E-state index in [2.05, 4.69) is 120 Å². The summed E-state index contributed by atoms with van der Waals surface area (Å²) in [6.45, 7) is 11.5. The first kappa shape index (κ1) is 47.5. The molecular weight excluding hydrogens is 725 g/mol. The lowest BCUT2D eigenvalue weighted by Gasteiger charge is -2.45. The zero-order valence-electron chi connectivity index (χ0n) is 39.1. The summed E-state index contributed by atoms with van der Waals surface area (Å²) >= 11 is 0. The standard InChI is InChI=1S/C58H86N2/c1-6-9-12-15-17-23-28-56(54-40-38-52(59)43-45(54)4)47-30-34-50(35-31-47)58(42-25-19-14-11-8-3,49-26-21-20-22-27-49)51-36-32-48(33-37-51)57(29-24-18-16-13-10-7-2)55-41-39-53(60)44-46(55)5/h30-41,43-44,49,56-57H,6-29,42,59-60H2,1-5H3. The lowest BCUT2D eigenvalue weighted by Crippen LogP contribution is -2.38. The van der Waals surface area contributed by atoms with E-state index in [0.717, 1.165) is 11.4 Å². The van der Waals surface area contributed by atoms with Crippen LogP contribution in [0.25, 0.3) is 0 Å². The van der Waals surface area contributed by atoms with Gasteiger partial charge in [0.15, 0.2) is 0 Å². The highest BCUT2D eigenvalue weighted by molar-refractivity contribution is 5.51. The molecule has 0 heterocycles. The Balaban J connectivity index is 1.53. The molecule has 0 saturated heterocycles. The molecule has 0 aliphatic heterocycles. The van der Waals surface area contributed by atoms with Gasteiger partial charge in [-0.15, -0.1) is 0 Å². The number of rotatable bonds is 27. The van der Waals surface area contributed by atoms with Crippen LogP contribution in [0.15, 0.2) is 84.9 Å². The van der Waals surface area contributed by atoms with Crippen LogP contribution in [0.1, 0.15) is 238 Å². The van der Waals surface area contributed by atoms with Crippen LogP contribution < -0.4 is 11.5 Å². The van der Waals surface area contributed by atoms with Crippen molar-refractivity contribution < 1.29 is 0 Å². The largest absolute Gasteiger partial charge is 0.399 e. The number of hydrogen-bond acceptors (Lipinski definition) is 2. The Morgan fingerprint density at radius 1 is 0.467 bits per heavy atom. The molecule has 2 heteroatoms. The Morgan fingerprint density at radius 2 is 0.850 bits per heavy atom. The molecule has 0 radical (unpaired) electrons. The van der Waals surface area contributed by atoms with E-state index in [1.54, 1.807) is 11.1 Å². The maximum absolute atomic E-state index is 6.30. The van der Waals surface area contributed by atoms with Gasteiger partial charge in [-0.25, -0.2) is 0 Å². The normalized spacial score (nSPS) is 15.5. The Hall–Kier alpha value is -3.52. The van der Waals surface area contributed by atoms with Crippen molar-refractivity contribution in [2.24, 2.45) is 5.92 Å². The first-order valence-corrected chi connectivity index (χ1v) is 25.2. The second-order valence-corrected chi connectivity index (χ2v) is 19.2. The molecule has 4 aromatic rings. The van der Waals surface area contributed by atoms with Crippen LogP contribution in [0.4, 0.5) is 11.4 Å². The number of hydrogen-bond donors (Lipinski definition) is 2. The van der Waals surface area contributed by atoms with Crippen LogP contribution in [0.5, 0.6) is 0 Å². The van der Waals surface area contributed by atoms with Crippen LogP contribution in [0.2, 0.25) is 0 Å². The molecule has 60 heavy (non-hydrogen) atoms. The average Bonchev–Trinajstić information content (AvgIpc) is 3.26. The van der Waals surface area contributed by atoms with Gasteiger partial charge in [-0.2, -0.15) is 0 Å². The van der Waals surface area contributed by atoms with E-state index in [-0.39, 0.29) is 5.41 Å². The van der Waals surface area contributed by atoms with Crippen LogP contribution in [-0.4, -0.2) is 0 Å². The van der Waals surface area contributed by atoms with E-state index in [4.69, 9.17) is 11.5 Å². The van der Waals surface area contributed by atoms with Crippen molar-refractivity contribution >= 4 is 11.4 Å². The molecule has 1 aliphatic rings. The number of unbranched alkanes of at least 4 members (excludes halogenated alkanes) is 14. The smallest absolute Gasteiger partial charge is 0.0316 e. The third-order valence-electron chi connectivity index (χ3n) is 14.7. The Labute approximate surface area is 369 Å². The highest BCUT2D eigenvalue weighted by Crippen LogP contribution is 2.50. The van der Waals surface area contributed by atoms with E-state index < -0.39 is 0 Å². The highest BCUT2D eigenvalue weighted by atomic mass is 14.5. The summed E-state index contributed by atoms with van der Waals surface area (Å²) in [7, 11) is 0. The van der Waals surface area contributed by atoms with Gasteiger partial charge in [0.05, 0.1) is 0 Å². The molecular formula is C58H86N2. The molecule has 4 aromatic carbocycles. The maximum atomic E-state index is 6.30. The number of aryl methyl sites for hydroxylation is 2. The lowest BCUT2D eigenvalue weighted by atomic mass is 9.59. The van der Waals surface area contributed by atoms with Crippen molar-refractivity contribution in [1.29, 1.82) is 0 Å². The van der Waals surface area contributed by atoms with E-state index in [1.165, 1.54) is 194 Å². The monoisotopic (exact) mass is 811 g/mol. The first-order valence-electron chi connectivity index (χ1n) is 25.2. The lowest BCUT2D eigenvalue weighted by molar-refractivity contribution is 0.220. The Kier molecular flexibility index (Phi) is 20.1. The third-order valence-corrected chi connectivity index (χ3v) is 14.7. The highest BCUT2D eigenvalue weighted by Gasteiger charge is 2.42. The number of nitrogen functional groups attached to an aromatic ring is 2. The molecule has 1 aliphatic carbocycles. The fourth-order valence-electron chi connectivity index (χ4n) is 11.2. The van der Waals surface area contributed by atoms with E-state index in [9.17, 15) is 0 Å². The SMILES string of the molecule is CCCCCCCCC(c1ccc(C(CCCCCCC)(c2ccc(C(CCCCCCCC)c3ccc(N)cc3C)cc2)C2CCCCC2)cc1)c1ccc(N)cc1C. The van der Waals surface area contributed by atoms with Gasteiger partial charge >= 0.3 is 0 Å². The molecule has 0 amide bonds. The molecule has 328 valence electrons. The molecule has 5 rings (SSSR count). The first-order chi connectivity index (χ1) is 29.3. The van der Waals surface area contributed by atoms with Gasteiger partial charge in [0.1, 0.15) is 0 Å². The fourth-order valence-corrected chi connectivity index (χ4v) is 11.2. The zero-order chi connectivity index (χ0) is 42.6. The second-order valence-electron chi connectivity index (χ2n) is 19.2. The summed E-state index contributed by atoms with van der Waals surface area (Å²) in [5, 5.41) is 0. The topological polar surface area (TPSA) is 52.0 Å². The van der Waals surface area contributed by atoms with Crippen LogP contribution in [0.3, 0.4) is 0 Å². The molecule has 0 bridgehead atoms. The molecule has 1 fully saturated rings. The Morgan fingerprint density at radius 3 is 1.25 bits per heavy atom. The number of nitrogens with two attached hydrogens (primary N) is 2. The van der Waals surface area contributed by atoms with Gasteiger partial charge in [0, 0.05) is 28.6 Å². The van der Waals surface area contributed by atoms with Gasteiger partial charge in [0.2, 0.25) is 0 Å². The summed E-state index contributed by atoms with van der Waals surface area (Å²) in [5.41, 5.74) is 25.9. The van der Waals surface area contributed by atoms with Gasteiger partial charge in [-0.1, -0.05) is 210 Å². The van der Waals surface area contributed by atoms with Gasteiger partial charge in [-0.05, 0) is 121 Å². The Bertz CT molecular complexity index is 1660. The van der Waals surface area contributed by atoms with Crippen molar-refractivity contribution in [1.82, 2.24) is 0 Å². The van der Waals surface area contributed by atoms with Crippen LogP contribution in [0, 0.1) is 19.8 Å². The minimum atomic E-state index is 0.0153. The molecule has 2 atom stereocenters.